The van der Waals surface area contributed by atoms with Gasteiger partial charge in [-0.05, 0) is 23.7 Å². The third-order valence-corrected chi connectivity index (χ3v) is 9.00. The average Bonchev–Trinajstić information content (AvgIpc) is 2.25. The van der Waals surface area contributed by atoms with E-state index in [9.17, 15) is 0 Å². The second-order valence-electron chi connectivity index (χ2n) is 6.04. The summed E-state index contributed by atoms with van der Waals surface area (Å²) in [6.45, 7) is 11.4. The van der Waals surface area contributed by atoms with E-state index in [-0.39, 0.29) is 14.9 Å². The molecule has 0 aromatic heterocycles. The molecule has 0 saturated heterocycles. The zero-order valence-corrected chi connectivity index (χ0v) is 15.9. The van der Waals surface area contributed by atoms with Gasteiger partial charge in [-0.1, -0.05) is 83.0 Å². The molecule has 0 spiro atoms. The van der Waals surface area contributed by atoms with Gasteiger partial charge < -0.3 is 4.43 Å². The molecule has 1 aromatic carbocycles. The predicted octanol–water partition coefficient (Wildman–Crippen LogP) is 5.87. The molecule has 0 amide bonds. The highest BCUT2D eigenvalue weighted by Gasteiger charge is 2.40. The van der Waals surface area contributed by atoms with Crippen molar-refractivity contribution in [3.8, 4) is 0 Å². The third-order valence-electron chi connectivity index (χ3n) is 3.58. The van der Waals surface area contributed by atoms with Crippen LogP contribution in [0.4, 0.5) is 0 Å². The highest BCUT2D eigenvalue weighted by Crippen LogP contribution is 2.42. The van der Waals surface area contributed by atoms with Crippen LogP contribution in [0, 0.1) is 0 Å². The van der Waals surface area contributed by atoms with Crippen LogP contribution in [0.1, 0.15) is 32.4 Å². The average molecular weight is 394 g/mol. The second kappa shape index (κ2) is 6.20. The molecule has 1 unspecified atom stereocenters. The van der Waals surface area contributed by atoms with Crippen LogP contribution in [-0.2, 0) is 4.43 Å². The van der Waals surface area contributed by atoms with E-state index in [1.807, 2.05) is 6.07 Å². The lowest BCUT2D eigenvalue weighted by atomic mass is 10.1. The third kappa shape index (κ3) is 4.19. The Balaban J connectivity index is 2.96. The van der Waals surface area contributed by atoms with Gasteiger partial charge >= 0.3 is 0 Å². The van der Waals surface area contributed by atoms with Gasteiger partial charge in [-0.15, -0.1) is 0 Å². The summed E-state index contributed by atoms with van der Waals surface area (Å²) in [7, 11) is -1.77. The summed E-state index contributed by atoms with van der Waals surface area (Å²) in [5.74, 6) is 0. The SMILES string of the molecule is CC(C)(C)[Si](C)(C)OC(c1ccccc1)C(Br)Br. The second-order valence-corrected chi connectivity index (χ2v) is 14.0. The monoisotopic (exact) mass is 392 g/mol. The Hall–Kier alpha value is 0.357. The molecule has 102 valence electrons. The molecule has 1 rings (SSSR count). The van der Waals surface area contributed by atoms with E-state index < -0.39 is 8.32 Å². The minimum absolute atomic E-state index is 0.0482. The van der Waals surface area contributed by atoms with Crippen LogP contribution in [-0.4, -0.2) is 12.1 Å². The molecule has 1 nitrogen and oxygen atoms in total. The van der Waals surface area contributed by atoms with Gasteiger partial charge in [-0.3, -0.25) is 0 Å². The summed E-state index contributed by atoms with van der Waals surface area (Å²) in [6, 6.07) is 10.4. The first-order valence-corrected chi connectivity index (χ1v) is 10.9. The summed E-state index contributed by atoms with van der Waals surface area (Å²) in [6.07, 6.45) is 0.0482. The molecular weight excluding hydrogens is 372 g/mol. The maximum Gasteiger partial charge on any atom is 0.193 e. The van der Waals surface area contributed by atoms with Gasteiger partial charge in [-0.25, -0.2) is 0 Å². The lowest BCUT2D eigenvalue weighted by molar-refractivity contribution is 0.203. The zero-order chi connectivity index (χ0) is 14.0. The van der Waals surface area contributed by atoms with E-state index in [4.69, 9.17) is 4.43 Å². The highest BCUT2D eigenvalue weighted by molar-refractivity contribution is 9.24. The number of alkyl halides is 2. The maximum absolute atomic E-state index is 6.50. The Morgan fingerprint density at radius 1 is 1.06 bits per heavy atom. The van der Waals surface area contributed by atoms with Gasteiger partial charge in [0.05, 0.1) is 9.84 Å². The summed E-state index contributed by atoms with van der Waals surface area (Å²) >= 11 is 7.22. The van der Waals surface area contributed by atoms with E-state index >= 15 is 0 Å². The van der Waals surface area contributed by atoms with Crippen molar-refractivity contribution in [2.24, 2.45) is 0 Å². The highest BCUT2D eigenvalue weighted by atomic mass is 79.9. The molecule has 0 fully saturated rings. The minimum Gasteiger partial charge on any atom is -0.408 e. The molecule has 0 heterocycles. The van der Waals surface area contributed by atoms with Crippen molar-refractivity contribution < 1.29 is 4.43 Å². The molecule has 0 aliphatic carbocycles. The Kier molecular flexibility index (Phi) is 5.66. The van der Waals surface area contributed by atoms with E-state index in [1.165, 1.54) is 5.56 Å². The van der Waals surface area contributed by atoms with E-state index in [1.54, 1.807) is 0 Å². The normalized spacial score (nSPS) is 14.9. The summed E-state index contributed by atoms with van der Waals surface area (Å²) in [5.41, 5.74) is 1.21. The fourth-order valence-electron chi connectivity index (χ4n) is 1.40. The molecule has 18 heavy (non-hydrogen) atoms. The summed E-state index contributed by atoms with van der Waals surface area (Å²) < 4.78 is 6.62. The van der Waals surface area contributed by atoms with Gasteiger partial charge in [-0.2, -0.15) is 0 Å². The molecule has 0 saturated carbocycles. The molecule has 0 N–H and O–H groups in total. The lowest BCUT2D eigenvalue weighted by Gasteiger charge is -2.40. The molecule has 0 aliphatic rings. The maximum atomic E-state index is 6.50. The number of hydrogen-bond acceptors (Lipinski definition) is 1. The van der Waals surface area contributed by atoms with Crippen molar-refractivity contribution in [3.05, 3.63) is 35.9 Å². The Bertz CT molecular complexity index is 371. The quantitative estimate of drug-likeness (QED) is 0.459. The van der Waals surface area contributed by atoms with Gasteiger partial charge in [0, 0.05) is 0 Å². The summed E-state index contributed by atoms with van der Waals surface area (Å²) in [4.78, 5) is 0. The fraction of sp³-hybridized carbons (Fsp3) is 0.571. The first-order chi connectivity index (χ1) is 8.15. The van der Waals surface area contributed by atoms with Crippen LogP contribution in [0.2, 0.25) is 18.1 Å². The van der Waals surface area contributed by atoms with Crippen molar-refractivity contribution >= 4 is 40.2 Å². The van der Waals surface area contributed by atoms with Gasteiger partial charge in [0.15, 0.2) is 8.32 Å². The zero-order valence-electron chi connectivity index (χ0n) is 11.7. The number of halogens is 2. The van der Waals surface area contributed by atoms with E-state index in [2.05, 4.69) is 90.0 Å². The van der Waals surface area contributed by atoms with Gasteiger partial charge in [0.2, 0.25) is 0 Å². The first kappa shape index (κ1) is 16.4. The molecule has 0 aliphatic heterocycles. The van der Waals surface area contributed by atoms with Crippen LogP contribution in [0.15, 0.2) is 30.3 Å². The molecule has 1 atom stereocenters. The number of hydrogen-bond donors (Lipinski definition) is 0. The van der Waals surface area contributed by atoms with E-state index in [0.29, 0.717) is 0 Å². The van der Waals surface area contributed by atoms with Crippen molar-refractivity contribution in [3.63, 3.8) is 0 Å². The summed E-state index contributed by atoms with van der Waals surface area (Å²) in [5, 5.41) is 0.217. The van der Waals surface area contributed by atoms with Gasteiger partial charge in [0.25, 0.3) is 0 Å². The number of rotatable bonds is 4. The number of benzene rings is 1. The van der Waals surface area contributed by atoms with Gasteiger partial charge in [0.1, 0.15) is 0 Å². The van der Waals surface area contributed by atoms with E-state index in [0.717, 1.165) is 0 Å². The smallest absolute Gasteiger partial charge is 0.193 e. The molecule has 1 aromatic rings. The van der Waals surface area contributed by atoms with Crippen molar-refractivity contribution in [2.75, 3.05) is 0 Å². The molecule has 0 radical (unpaired) electrons. The van der Waals surface area contributed by atoms with Crippen molar-refractivity contribution in [1.29, 1.82) is 0 Å². The Labute approximate surface area is 129 Å². The van der Waals surface area contributed by atoms with Crippen LogP contribution in [0.5, 0.6) is 0 Å². The Morgan fingerprint density at radius 3 is 1.94 bits per heavy atom. The minimum atomic E-state index is -1.77. The van der Waals surface area contributed by atoms with Crippen LogP contribution < -0.4 is 0 Å². The topological polar surface area (TPSA) is 9.23 Å². The standard InChI is InChI=1S/C14H22Br2OSi/c1-14(2,3)18(4,5)17-12(13(15)16)11-9-7-6-8-10-11/h6-10,12-13H,1-5H3. The molecule has 0 bridgehead atoms. The molecular formula is C14H22Br2OSi. The van der Waals surface area contributed by atoms with Crippen molar-refractivity contribution in [2.45, 2.75) is 48.7 Å². The first-order valence-electron chi connectivity index (χ1n) is 6.16. The molecule has 4 heteroatoms. The fourth-order valence-corrected chi connectivity index (χ4v) is 3.89. The van der Waals surface area contributed by atoms with Crippen molar-refractivity contribution in [1.82, 2.24) is 0 Å². The Morgan fingerprint density at radius 2 is 1.56 bits per heavy atom. The van der Waals surface area contributed by atoms with Crippen LogP contribution in [0.25, 0.3) is 0 Å². The lowest BCUT2D eigenvalue weighted by Crippen LogP contribution is -2.42. The predicted molar refractivity (Wildman–Crippen MR) is 89.1 cm³/mol. The largest absolute Gasteiger partial charge is 0.408 e. The van der Waals surface area contributed by atoms with Crippen LogP contribution in [0.3, 0.4) is 0 Å². The van der Waals surface area contributed by atoms with Crippen LogP contribution >= 0.6 is 31.9 Å².